The largest absolute Gasteiger partial charge is 0.497 e. The molecular formula is C14H13F2NO2. The third-order valence-corrected chi connectivity index (χ3v) is 2.56. The zero-order chi connectivity index (χ0) is 13.8. The highest BCUT2D eigenvalue weighted by molar-refractivity contribution is 5.49. The van der Waals surface area contributed by atoms with Crippen LogP contribution in [0, 0.1) is 0 Å². The summed E-state index contributed by atoms with van der Waals surface area (Å²) in [4.78, 5) is 0. The SMILES string of the molecule is COc1ccc(Oc2ccc(N)cc2C(F)F)cc1. The molecule has 2 aromatic carbocycles. The molecule has 2 rings (SSSR count). The Morgan fingerprint density at radius 3 is 2.21 bits per heavy atom. The maximum Gasteiger partial charge on any atom is 0.267 e. The fraction of sp³-hybridized carbons (Fsp3) is 0.143. The van der Waals surface area contributed by atoms with Crippen molar-refractivity contribution in [2.24, 2.45) is 0 Å². The Balaban J connectivity index is 2.26. The summed E-state index contributed by atoms with van der Waals surface area (Å²) in [6.07, 6.45) is -2.64. The van der Waals surface area contributed by atoms with E-state index in [4.69, 9.17) is 15.2 Å². The van der Waals surface area contributed by atoms with Crippen LogP contribution >= 0.6 is 0 Å². The Labute approximate surface area is 109 Å². The Hall–Kier alpha value is -2.30. The van der Waals surface area contributed by atoms with Crippen molar-refractivity contribution in [1.29, 1.82) is 0 Å². The number of hydrogen-bond acceptors (Lipinski definition) is 3. The maximum atomic E-state index is 12.9. The van der Waals surface area contributed by atoms with Gasteiger partial charge in [-0.05, 0) is 42.5 Å². The molecule has 0 saturated carbocycles. The van der Waals surface area contributed by atoms with Crippen LogP contribution in [0.2, 0.25) is 0 Å². The van der Waals surface area contributed by atoms with Gasteiger partial charge in [-0.3, -0.25) is 0 Å². The van der Waals surface area contributed by atoms with Gasteiger partial charge in [0.05, 0.1) is 12.7 Å². The van der Waals surface area contributed by atoms with Crippen LogP contribution in [0.1, 0.15) is 12.0 Å². The van der Waals surface area contributed by atoms with E-state index in [-0.39, 0.29) is 17.0 Å². The van der Waals surface area contributed by atoms with Crippen LogP contribution in [0.4, 0.5) is 14.5 Å². The molecule has 0 saturated heterocycles. The van der Waals surface area contributed by atoms with Crippen molar-refractivity contribution in [1.82, 2.24) is 0 Å². The van der Waals surface area contributed by atoms with E-state index < -0.39 is 6.43 Å². The van der Waals surface area contributed by atoms with E-state index in [1.54, 1.807) is 31.4 Å². The fourth-order valence-electron chi connectivity index (χ4n) is 1.60. The lowest BCUT2D eigenvalue weighted by molar-refractivity contribution is 0.148. The van der Waals surface area contributed by atoms with Crippen molar-refractivity contribution in [2.75, 3.05) is 12.8 Å². The van der Waals surface area contributed by atoms with E-state index in [0.29, 0.717) is 11.5 Å². The first-order chi connectivity index (χ1) is 9.10. The van der Waals surface area contributed by atoms with Crippen molar-refractivity contribution in [3.05, 3.63) is 48.0 Å². The minimum absolute atomic E-state index is 0.0920. The topological polar surface area (TPSA) is 44.5 Å². The van der Waals surface area contributed by atoms with Gasteiger partial charge in [-0.2, -0.15) is 0 Å². The third kappa shape index (κ3) is 3.13. The molecule has 2 N–H and O–H groups in total. The molecule has 0 atom stereocenters. The predicted octanol–water partition coefficient (Wildman–Crippen LogP) is 4.01. The van der Waals surface area contributed by atoms with Crippen LogP contribution in [0.5, 0.6) is 17.2 Å². The highest BCUT2D eigenvalue weighted by atomic mass is 19.3. The average molecular weight is 265 g/mol. The molecule has 0 heterocycles. The summed E-state index contributed by atoms with van der Waals surface area (Å²) in [6, 6.07) is 10.8. The highest BCUT2D eigenvalue weighted by Gasteiger charge is 2.15. The first kappa shape index (κ1) is 13.1. The van der Waals surface area contributed by atoms with Crippen LogP contribution in [0.25, 0.3) is 0 Å². The van der Waals surface area contributed by atoms with Gasteiger partial charge in [0.15, 0.2) is 0 Å². The molecule has 0 unspecified atom stereocenters. The van der Waals surface area contributed by atoms with Crippen molar-refractivity contribution >= 4 is 5.69 Å². The van der Waals surface area contributed by atoms with Gasteiger partial charge < -0.3 is 15.2 Å². The highest BCUT2D eigenvalue weighted by Crippen LogP contribution is 2.34. The van der Waals surface area contributed by atoms with Gasteiger partial charge in [-0.1, -0.05) is 0 Å². The summed E-state index contributed by atoms with van der Waals surface area (Å²) in [7, 11) is 1.55. The molecule has 0 amide bonds. The Kier molecular flexibility index (Phi) is 3.85. The minimum atomic E-state index is -2.64. The normalized spacial score (nSPS) is 10.5. The molecular weight excluding hydrogens is 252 g/mol. The zero-order valence-corrected chi connectivity index (χ0v) is 10.3. The number of alkyl halides is 2. The van der Waals surface area contributed by atoms with Gasteiger partial charge in [0.2, 0.25) is 0 Å². The second-order valence-electron chi connectivity index (χ2n) is 3.88. The molecule has 0 fully saturated rings. The molecule has 0 aromatic heterocycles. The van der Waals surface area contributed by atoms with Crippen LogP contribution < -0.4 is 15.2 Å². The van der Waals surface area contributed by atoms with Gasteiger partial charge in [0.1, 0.15) is 17.2 Å². The number of methoxy groups -OCH3 is 1. The number of anilines is 1. The number of nitrogen functional groups attached to an aromatic ring is 1. The molecule has 0 aliphatic rings. The molecule has 19 heavy (non-hydrogen) atoms. The smallest absolute Gasteiger partial charge is 0.267 e. The zero-order valence-electron chi connectivity index (χ0n) is 10.3. The molecule has 2 aromatic rings. The van der Waals surface area contributed by atoms with E-state index in [1.165, 1.54) is 18.2 Å². The number of ether oxygens (including phenoxy) is 2. The Bertz CT molecular complexity index is 556. The quantitative estimate of drug-likeness (QED) is 0.849. The molecule has 5 heteroatoms. The standard InChI is InChI=1S/C14H13F2NO2/c1-18-10-3-5-11(6-4-10)19-13-7-2-9(17)8-12(13)14(15)16/h2-8,14H,17H2,1H3. The van der Waals surface area contributed by atoms with Crippen molar-refractivity contribution in [2.45, 2.75) is 6.43 Å². The average Bonchev–Trinajstić information content (AvgIpc) is 2.41. The number of rotatable bonds is 4. The van der Waals surface area contributed by atoms with Crippen molar-refractivity contribution in [3.8, 4) is 17.2 Å². The van der Waals surface area contributed by atoms with Gasteiger partial charge in [0, 0.05) is 5.69 Å². The lowest BCUT2D eigenvalue weighted by Crippen LogP contribution is -1.95. The molecule has 0 aliphatic carbocycles. The predicted molar refractivity (Wildman–Crippen MR) is 68.9 cm³/mol. The summed E-state index contributed by atoms with van der Waals surface area (Å²) in [5, 5.41) is 0. The number of benzene rings is 2. The monoisotopic (exact) mass is 265 g/mol. The second-order valence-corrected chi connectivity index (χ2v) is 3.88. The molecule has 0 aliphatic heterocycles. The third-order valence-electron chi connectivity index (χ3n) is 2.56. The molecule has 100 valence electrons. The lowest BCUT2D eigenvalue weighted by atomic mass is 10.2. The van der Waals surface area contributed by atoms with Crippen LogP contribution in [-0.2, 0) is 0 Å². The number of hydrogen-bond donors (Lipinski definition) is 1. The van der Waals surface area contributed by atoms with Crippen LogP contribution in [-0.4, -0.2) is 7.11 Å². The first-order valence-corrected chi connectivity index (χ1v) is 5.59. The summed E-state index contributed by atoms with van der Waals surface area (Å²) in [5.41, 5.74) is 5.54. The van der Waals surface area contributed by atoms with Crippen molar-refractivity contribution < 1.29 is 18.3 Å². The second kappa shape index (κ2) is 5.56. The van der Waals surface area contributed by atoms with E-state index in [2.05, 4.69) is 0 Å². The molecule has 0 bridgehead atoms. The minimum Gasteiger partial charge on any atom is -0.497 e. The van der Waals surface area contributed by atoms with Gasteiger partial charge in [0.25, 0.3) is 6.43 Å². The van der Waals surface area contributed by atoms with E-state index in [0.717, 1.165) is 0 Å². The molecule has 0 radical (unpaired) electrons. The number of nitrogens with two attached hydrogens (primary N) is 1. The van der Waals surface area contributed by atoms with Gasteiger partial charge >= 0.3 is 0 Å². The van der Waals surface area contributed by atoms with Crippen LogP contribution in [0.15, 0.2) is 42.5 Å². The summed E-state index contributed by atoms with van der Waals surface area (Å²) >= 11 is 0. The van der Waals surface area contributed by atoms with Gasteiger partial charge in [-0.15, -0.1) is 0 Å². The fourth-order valence-corrected chi connectivity index (χ4v) is 1.60. The summed E-state index contributed by atoms with van der Waals surface area (Å²) in [6.45, 7) is 0. The lowest BCUT2D eigenvalue weighted by Gasteiger charge is -2.11. The first-order valence-electron chi connectivity index (χ1n) is 5.59. The summed E-state index contributed by atoms with van der Waals surface area (Å²) in [5.74, 6) is 1.21. The van der Waals surface area contributed by atoms with E-state index in [9.17, 15) is 8.78 Å². The van der Waals surface area contributed by atoms with Crippen molar-refractivity contribution in [3.63, 3.8) is 0 Å². The van der Waals surface area contributed by atoms with E-state index >= 15 is 0 Å². The summed E-state index contributed by atoms with van der Waals surface area (Å²) < 4.78 is 36.2. The maximum absolute atomic E-state index is 12.9. The Morgan fingerprint density at radius 1 is 1.00 bits per heavy atom. The Morgan fingerprint density at radius 2 is 1.63 bits per heavy atom. The van der Waals surface area contributed by atoms with Crippen LogP contribution in [0.3, 0.4) is 0 Å². The molecule has 3 nitrogen and oxygen atoms in total. The van der Waals surface area contributed by atoms with Gasteiger partial charge in [-0.25, -0.2) is 8.78 Å². The molecule has 0 spiro atoms. The van der Waals surface area contributed by atoms with E-state index in [1.807, 2.05) is 0 Å². The number of halogens is 2.